The van der Waals surface area contributed by atoms with E-state index in [1.807, 2.05) is 6.92 Å². The molecule has 1 rings (SSSR count). The average Bonchev–Trinajstić information content (AvgIpc) is 2.27. The molecule has 88 valence electrons. The molecule has 0 atom stereocenters. The van der Waals surface area contributed by atoms with Gasteiger partial charge in [-0.15, -0.1) is 0 Å². The second-order valence-electron chi connectivity index (χ2n) is 3.39. The molecule has 1 aromatic carbocycles. The molecule has 0 radical (unpaired) electrons. The van der Waals surface area contributed by atoms with Crippen molar-refractivity contribution in [3.63, 3.8) is 0 Å². The van der Waals surface area contributed by atoms with E-state index in [-0.39, 0.29) is 6.42 Å². The smallest absolute Gasteiger partial charge is 0.129 e. The first-order chi connectivity index (χ1) is 7.67. The zero-order valence-corrected chi connectivity index (χ0v) is 9.13. The van der Waals surface area contributed by atoms with Gasteiger partial charge in [-0.2, -0.15) is 0 Å². The molecule has 0 spiro atoms. The fourth-order valence-corrected chi connectivity index (χ4v) is 1.24. The van der Waals surface area contributed by atoms with E-state index in [4.69, 9.17) is 5.84 Å². The number of halogens is 2. The van der Waals surface area contributed by atoms with E-state index in [1.165, 1.54) is 12.1 Å². The molecule has 0 heterocycles. The highest BCUT2D eigenvalue weighted by molar-refractivity contribution is 5.83. The van der Waals surface area contributed by atoms with E-state index in [0.717, 1.165) is 12.5 Å². The molecule has 0 bridgehead atoms. The Bertz CT molecular complexity index is 377. The topological polar surface area (TPSA) is 50.4 Å². The lowest BCUT2D eigenvalue weighted by atomic mass is 10.1. The predicted molar refractivity (Wildman–Crippen MR) is 60.0 cm³/mol. The molecule has 0 aliphatic carbocycles. The van der Waals surface area contributed by atoms with E-state index in [1.54, 1.807) is 0 Å². The fraction of sp³-hybridized carbons (Fsp3) is 0.364. The zero-order chi connectivity index (χ0) is 12.0. The number of rotatable bonds is 4. The minimum Gasteiger partial charge on any atom is -0.312 e. The third kappa shape index (κ3) is 3.58. The number of nitrogens with two attached hydrogens (primary N) is 1. The van der Waals surface area contributed by atoms with Gasteiger partial charge in [-0.3, -0.25) is 4.99 Å². The van der Waals surface area contributed by atoms with Gasteiger partial charge in [-0.05, 0) is 18.1 Å². The Morgan fingerprint density at radius 2 is 2.19 bits per heavy atom. The summed E-state index contributed by atoms with van der Waals surface area (Å²) >= 11 is 0. The van der Waals surface area contributed by atoms with E-state index in [0.29, 0.717) is 17.9 Å². The van der Waals surface area contributed by atoms with Crippen LogP contribution in [0.15, 0.2) is 23.2 Å². The summed E-state index contributed by atoms with van der Waals surface area (Å²) in [7, 11) is 0. The van der Waals surface area contributed by atoms with Crippen molar-refractivity contribution in [3.8, 4) is 0 Å². The summed E-state index contributed by atoms with van der Waals surface area (Å²) in [6, 6.07) is 3.46. The average molecular weight is 227 g/mol. The lowest BCUT2D eigenvalue weighted by molar-refractivity contribution is 0.575. The number of benzene rings is 1. The highest BCUT2D eigenvalue weighted by atomic mass is 19.1. The SMILES string of the molecule is CCCN=C(Cc1ccc(F)cc1F)NN. The van der Waals surface area contributed by atoms with Gasteiger partial charge >= 0.3 is 0 Å². The van der Waals surface area contributed by atoms with Crippen molar-refractivity contribution in [1.82, 2.24) is 5.43 Å². The fourth-order valence-electron chi connectivity index (χ4n) is 1.24. The van der Waals surface area contributed by atoms with Crippen LogP contribution in [-0.2, 0) is 6.42 Å². The maximum Gasteiger partial charge on any atom is 0.129 e. The second-order valence-corrected chi connectivity index (χ2v) is 3.39. The molecule has 1 aromatic rings. The molecule has 5 heteroatoms. The van der Waals surface area contributed by atoms with Gasteiger partial charge in [0.25, 0.3) is 0 Å². The Morgan fingerprint density at radius 1 is 1.44 bits per heavy atom. The predicted octanol–water partition coefficient (Wildman–Crippen LogP) is 1.78. The normalized spacial score (nSPS) is 11.6. The number of nitrogens with zero attached hydrogens (tertiary/aromatic N) is 1. The van der Waals surface area contributed by atoms with Crippen molar-refractivity contribution in [2.24, 2.45) is 10.8 Å². The molecule has 0 saturated carbocycles. The van der Waals surface area contributed by atoms with Gasteiger partial charge in [-0.25, -0.2) is 14.6 Å². The highest BCUT2D eigenvalue weighted by Crippen LogP contribution is 2.10. The molecule has 0 amide bonds. The van der Waals surface area contributed by atoms with Gasteiger partial charge in [0.1, 0.15) is 17.5 Å². The molecular formula is C11H15F2N3. The summed E-state index contributed by atoms with van der Waals surface area (Å²) in [5.41, 5.74) is 2.79. The number of aliphatic imine (C=N–C) groups is 1. The molecule has 0 aliphatic rings. The summed E-state index contributed by atoms with van der Waals surface area (Å²) in [5, 5.41) is 0. The minimum absolute atomic E-state index is 0.239. The van der Waals surface area contributed by atoms with Crippen LogP contribution in [0.5, 0.6) is 0 Å². The van der Waals surface area contributed by atoms with Crippen LogP contribution >= 0.6 is 0 Å². The summed E-state index contributed by atoms with van der Waals surface area (Å²) in [6.45, 7) is 2.61. The Balaban J connectivity index is 2.78. The third-order valence-corrected chi connectivity index (χ3v) is 2.07. The van der Waals surface area contributed by atoms with Crippen LogP contribution < -0.4 is 11.3 Å². The minimum atomic E-state index is -0.589. The molecular weight excluding hydrogens is 212 g/mol. The standard InChI is InChI=1S/C11H15F2N3/c1-2-5-15-11(16-14)6-8-3-4-9(12)7-10(8)13/h3-4,7H,2,5-6,14H2,1H3,(H,15,16). The maximum absolute atomic E-state index is 13.3. The van der Waals surface area contributed by atoms with Crippen LogP contribution in [0.25, 0.3) is 0 Å². The monoisotopic (exact) mass is 227 g/mol. The Hall–Kier alpha value is -1.49. The van der Waals surface area contributed by atoms with Crippen molar-refractivity contribution >= 4 is 5.84 Å². The van der Waals surface area contributed by atoms with E-state index in [2.05, 4.69) is 10.4 Å². The molecule has 0 saturated heterocycles. The van der Waals surface area contributed by atoms with Gasteiger partial charge < -0.3 is 5.43 Å². The van der Waals surface area contributed by atoms with Crippen molar-refractivity contribution in [1.29, 1.82) is 0 Å². The zero-order valence-electron chi connectivity index (χ0n) is 9.13. The molecule has 16 heavy (non-hydrogen) atoms. The second kappa shape index (κ2) is 6.17. The number of amidine groups is 1. The lowest BCUT2D eigenvalue weighted by Gasteiger charge is -2.06. The highest BCUT2D eigenvalue weighted by Gasteiger charge is 2.06. The Kier molecular flexibility index (Phi) is 4.85. The van der Waals surface area contributed by atoms with Gasteiger partial charge in [0.15, 0.2) is 0 Å². The van der Waals surface area contributed by atoms with Gasteiger partial charge in [0.05, 0.1) is 0 Å². The molecule has 0 aliphatic heterocycles. The first kappa shape index (κ1) is 12.6. The van der Waals surface area contributed by atoms with Crippen LogP contribution in [0.2, 0.25) is 0 Å². The van der Waals surface area contributed by atoms with Crippen molar-refractivity contribution in [2.45, 2.75) is 19.8 Å². The summed E-state index contributed by atoms with van der Waals surface area (Å²) < 4.78 is 26.0. The third-order valence-electron chi connectivity index (χ3n) is 2.07. The molecule has 0 aromatic heterocycles. The molecule has 0 unspecified atom stereocenters. The van der Waals surface area contributed by atoms with Crippen molar-refractivity contribution in [2.75, 3.05) is 6.54 Å². The first-order valence-corrected chi connectivity index (χ1v) is 5.11. The molecule has 0 fully saturated rings. The van der Waals surface area contributed by atoms with Crippen LogP contribution in [0.3, 0.4) is 0 Å². The van der Waals surface area contributed by atoms with Crippen LogP contribution in [0.1, 0.15) is 18.9 Å². The summed E-state index contributed by atoms with van der Waals surface area (Å²) in [6.07, 6.45) is 1.12. The van der Waals surface area contributed by atoms with Crippen molar-refractivity contribution in [3.05, 3.63) is 35.4 Å². The summed E-state index contributed by atoms with van der Waals surface area (Å²) in [5.74, 6) is 4.58. The maximum atomic E-state index is 13.3. The molecule has 3 N–H and O–H groups in total. The van der Waals surface area contributed by atoms with Gasteiger partial charge in [0.2, 0.25) is 0 Å². The molecule has 3 nitrogen and oxygen atoms in total. The quantitative estimate of drug-likeness (QED) is 0.356. The Labute approximate surface area is 93.3 Å². The van der Waals surface area contributed by atoms with E-state index >= 15 is 0 Å². The first-order valence-electron chi connectivity index (χ1n) is 5.11. The number of hydrazine groups is 1. The number of hydrogen-bond donors (Lipinski definition) is 2. The van der Waals surface area contributed by atoms with Gasteiger partial charge in [-0.1, -0.05) is 13.0 Å². The number of nitrogens with one attached hydrogen (secondary N) is 1. The van der Waals surface area contributed by atoms with Crippen molar-refractivity contribution < 1.29 is 8.78 Å². The van der Waals surface area contributed by atoms with Crippen LogP contribution in [0.4, 0.5) is 8.78 Å². The van der Waals surface area contributed by atoms with E-state index < -0.39 is 11.6 Å². The number of hydrogen-bond acceptors (Lipinski definition) is 2. The van der Waals surface area contributed by atoms with Crippen LogP contribution in [0, 0.1) is 11.6 Å². The van der Waals surface area contributed by atoms with E-state index in [9.17, 15) is 8.78 Å². The van der Waals surface area contributed by atoms with Gasteiger partial charge in [0, 0.05) is 19.0 Å². The Morgan fingerprint density at radius 3 is 2.75 bits per heavy atom. The lowest BCUT2D eigenvalue weighted by Crippen LogP contribution is -2.32. The largest absolute Gasteiger partial charge is 0.312 e. The summed E-state index contributed by atoms with van der Waals surface area (Å²) in [4.78, 5) is 4.14. The van der Waals surface area contributed by atoms with Crippen LogP contribution in [-0.4, -0.2) is 12.4 Å².